The Kier molecular flexibility index (Phi) is 8.93. The van der Waals surface area contributed by atoms with Crippen LogP contribution in [0.15, 0.2) is 69.5 Å². The molecule has 10 heteroatoms. The summed E-state index contributed by atoms with van der Waals surface area (Å²) < 4.78 is 40.3. The standard InChI is InChI=1S/C23H27N3O5S2/c1-3-4-9-17-10-5-8-13-20(17)33(28,29)26-22-21(23(25-16-24-22)31-15-14-27)32-19-12-7-6-11-18(19)30-2/h5-8,10-13,16,27H,3-4,9,14-15H2,1-2H3,(H,24,25,26). The van der Waals surface area contributed by atoms with Gasteiger partial charge in [-0.3, -0.25) is 4.72 Å². The molecule has 0 saturated carbocycles. The molecule has 8 nitrogen and oxygen atoms in total. The van der Waals surface area contributed by atoms with Gasteiger partial charge in [0.1, 0.15) is 23.6 Å². The SMILES string of the molecule is CCCCc1ccccc1S(=O)(=O)Nc1ncnc(OCCO)c1Sc1ccccc1OC. The highest BCUT2D eigenvalue weighted by molar-refractivity contribution is 7.99. The Morgan fingerprint density at radius 1 is 1.09 bits per heavy atom. The molecule has 0 saturated heterocycles. The van der Waals surface area contributed by atoms with Crippen LogP contribution in [-0.4, -0.2) is 43.8 Å². The molecule has 33 heavy (non-hydrogen) atoms. The van der Waals surface area contributed by atoms with Crippen LogP contribution in [0.1, 0.15) is 25.3 Å². The Balaban J connectivity index is 2.02. The number of aliphatic hydroxyl groups is 1. The molecule has 3 aromatic rings. The van der Waals surface area contributed by atoms with Crippen molar-refractivity contribution in [2.75, 3.05) is 25.0 Å². The molecule has 0 fully saturated rings. The minimum Gasteiger partial charge on any atom is -0.496 e. The maximum absolute atomic E-state index is 13.4. The Morgan fingerprint density at radius 2 is 1.85 bits per heavy atom. The van der Waals surface area contributed by atoms with Crippen LogP contribution in [0.3, 0.4) is 0 Å². The van der Waals surface area contributed by atoms with Crippen molar-refractivity contribution in [2.45, 2.75) is 40.9 Å². The lowest BCUT2D eigenvalue weighted by Gasteiger charge is -2.16. The molecule has 2 aromatic carbocycles. The average molecular weight is 490 g/mol. The zero-order valence-electron chi connectivity index (χ0n) is 18.5. The van der Waals surface area contributed by atoms with Crippen molar-refractivity contribution in [3.05, 3.63) is 60.4 Å². The number of sulfonamides is 1. The van der Waals surface area contributed by atoms with Gasteiger partial charge in [0.05, 0.1) is 23.5 Å². The molecule has 0 spiro atoms. The topological polar surface area (TPSA) is 111 Å². The number of aryl methyl sites for hydroxylation is 1. The highest BCUT2D eigenvalue weighted by Crippen LogP contribution is 2.42. The predicted octanol–water partition coefficient (Wildman–Crippen LogP) is 4.15. The minimum absolute atomic E-state index is 0.00252. The molecule has 1 heterocycles. The first-order valence-electron chi connectivity index (χ1n) is 10.5. The van der Waals surface area contributed by atoms with Gasteiger partial charge in [0.2, 0.25) is 5.88 Å². The number of hydrogen-bond acceptors (Lipinski definition) is 8. The first-order chi connectivity index (χ1) is 16.0. The van der Waals surface area contributed by atoms with E-state index in [4.69, 9.17) is 9.47 Å². The van der Waals surface area contributed by atoms with E-state index in [0.717, 1.165) is 23.3 Å². The van der Waals surface area contributed by atoms with Gasteiger partial charge < -0.3 is 14.6 Å². The quantitative estimate of drug-likeness (QED) is 0.390. The number of aromatic nitrogens is 2. The summed E-state index contributed by atoms with van der Waals surface area (Å²) in [6.07, 6.45) is 3.72. The molecule has 2 N–H and O–H groups in total. The van der Waals surface area contributed by atoms with E-state index in [2.05, 4.69) is 21.6 Å². The van der Waals surface area contributed by atoms with Gasteiger partial charge >= 0.3 is 0 Å². The smallest absolute Gasteiger partial charge is 0.263 e. The summed E-state index contributed by atoms with van der Waals surface area (Å²) in [4.78, 5) is 9.65. The number of methoxy groups -OCH3 is 1. The fourth-order valence-electron chi connectivity index (χ4n) is 3.10. The van der Waals surface area contributed by atoms with Crippen LogP contribution < -0.4 is 14.2 Å². The number of benzene rings is 2. The summed E-state index contributed by atoms with van der Waals surface area (Å²) in [5.74, 6) is 0.851. The molecule has 0 aliphatic carbocycles. The molecule has 3 rings (SSSR count). The van der Waals surface area contributed by atoms with E-state index >= 15 is 0 Å². The normalized spacial score (nSPS) is 11.2. The van der Waals surface area contributed by atoms with Crippen LogP contribution in [0.4, 0.5) is 5.82 Å². The maximum Gasteiger partial charge on any atom is 0.263 e. The second-order valence-electron chi connectivity index (χ2n) is 7.00. The summed E-state index contributed by atoms with van der Waals surface area (Å²) >= 11 is 1.21. The van der Waals surface area contributed by atoms with Gasteiger partial charge in [-0.15, -0.1) is 0 Å². The van der Waals surface area contributed by atoms with Crippen molar-refractivity contribution in [2.24, 2.45) is 0 Å². The first kappa shape index (κ1) is 24.8. The van der Waals surface area contributed by atoms with Crippen molar-refractivity contribution >= 4 is 27.6 Å². The summed E-state index contributed by atoms with van der Waals surface area (Å²) in [5, 5.41) is 9.19. The number of anilines is 1. The number of nitrogens with zero attached hydrogens (tertiary/aromatic N) is 2. The molecule has 0 amide bonds. The Labute approximate surface area is 198 Å². The third-order valence-corrected chi connectivity index (χ3v) is 7.24. The fraction of sp³-hybridized carbons (Fsp3) is 0.304. The lowest BCUT2D eigenvalue weighted by molar-refractivity contribution is 0.193. The lowest BCUT2D eigenvalue weighted by Crippen LogP contribution is -2.17. The van der Waals surface area contributed by atoms with Crippen molar-refractivity contribution < 1.29 is 23.0 Å². The summed E-state index contributed by atoms with van der Waals surface area (Å²) in [7, 11) is -2.38. The molecule has 0 bridgehead atoms. The largest absolute Gasteiger partial charge is 0.496 e. The van der Waals surface area contributed by atoms with Gasteiger partial charge in [0.15, 0.2) is 5.82 Å². The number of para-hydroxylation sites is 1. The van der Waals surface area contributed by atoms with E-state index in [1.54, 1.807) is 25.3 Å². The molecule has 0 aliphatic rings. The number of nitrogens with one attached hydrogen (secondary N) is 1. The molecule has 0 atom stereocenters. The molecule has 0 radical (unpaired) electrons. The average Bonchev–Trinajstić information content (AvgIpc) is 2.83. The van der Waals surface area contributed by atoms with Crippen molar-refractivity contribution in [3.8, 4) is 11.6 Å². The number of aliphatic hydroxyl groups excluding tert-OH is 1. The molecule has 1 aromatic heterocycles. The van der Waals surface area contributed by atoms with Crippen LogP contribution in [0, 0.1) is 0 Å². The van der Waals surface area contributed by atoms with Gasteiger partial charge in [-0.25, -0.2) is 18.4 Å². The zero-order valence-corrected chi connectivity index (χ0v) is 20.2. The minimum atomic E-state index is -3.93. The van der Waals surface area contributed by atoms with E-state index in [9.17, 15) is 13.5 Å². The Hall–Kier alpha value is -2.82. The third kappa shape index (κ3) is 6.37. The lowest BCUT2D eigenvalue weighted by atomic mass is 10.1. The summed E-state index contributed by atoms with van der Waals surface area (Å²) in [6, 6.07) is 14.3. The van der Waals surface area contributed by atoms with Crippen LogP contribution >= 0.6 is 11.8 Å². The molecule has 0 aliphatic heterocycles. The number of hydrogen-bond donors (Lipinski definition) is 2. The zero-order chi connectivity index (χ0) is 23.7. The number of ether oxygens (including phenoxy) is 2. The van der Waals surface area contributed by atoms with Gasteiger partial charge in [-0.1, -0.05) is 55.4 Å². The van der Waals surface area contributed by atoms with E-state index < -0.39 is 10.0 Å². The molecule has 176 valence electrons. The highest BCUT2D eigenvalue weighted by atomic mass is 32.2. The monoisotopic (exact) mass is 489 g/mol. The third-order valence-electron chi connectivity index (χ3n) is 4.68. The second kappa shape index (κ2) is 11.9. The number of unbranched alkanes of at least 4 members (excludes halogenated alkanes) is 1. The van der Waals surface area contributed by atoms with Gasteiger partial charge in [0, 0.05) is 0 Å². The van der Waals surface area contributed by atoms with E-state index in [0.29, 0.717) is 17.1 Å². The van der Waals surface area contributed by atoms with Crippen LogP contribution in [0.5, 0.6) is 11.6 Å². The second-order valence-corrected chi connectivity index (χ2v) is 9.70. The fourth-order valence-corrected chi connectivity index (χ4v) is 5.48. The Morgan fingerprint density at radius 3 is 2.61 bits per heavy atom. The Bertz CT molecular complexity index is 1170. The van der Waals surface area contributed by atoms with E-state index in [-0.39, 0.29) is 29.8 Å². The predicted molar refractivity (Wildman–Crippen MR) is 128 cm³/mol. The van der Waals surface area contributed by atoms with Crippen LogP contribution in [-0.2, 0) is 16.4 Å². The number of rotatable bonds is 12. The van der Waals surface area contributed by atoms with Crippen molar-refractivity contribution in [1.29, 1.82) is 0 Å². The maximum atomic E-state index is 13.4. The van der Waals surface area contributed by atoms with Crippen molar-refractivity contribution in [1.82, 2.24) is 9.97 Å². The van der Waals surface area contributed by atoms with Crippen molar-refractivity contribution in [3.63, 3.8) is 0 Å². The molecular formula is C23H27N3O5S2. The first-order valence-corrected chi connectivity index (χ1v) is 12.8. The van der Waals surface area contributed by atoms with Gasteiger partial charge in [-0.2, -0.15) is 0 Å². The van der Waals surface area contributed by atoms with E-state index in [1.807, 2.05) is 30.3 Å². The van der Waals surface area contributed by atoms with Gasteiger partial charge in [-0.05, 0) is 36.6 Å². The highest BCUT2D eigenvalue weighted by Gasteiger charge is 2.23. The summed E-state index contributed by atoms with van der Waals surface area (Å²) in [6.45, 7) is 1.85. The molecule has 0 unspecified atom stereocenters. The molecular weight excluding hydrogens is 462 g/mol. The summed E-state index contributed by atoms with van der Waals surface area (Å²) in [5.41, 5.74) is 0.747. The van der Waals surface area contributed by atoms with E-state index in [1.165, 1.54) is 18.1 Å². The van der Waals surface area contributed by atoms with Crippen LogP contribution in [0.25, 0.3) is 0 Å². The van der Waals surface area contributed by atoms with Crippen LogP contribution in [0.2, 0.25) is 0 Å². The van der Waals surface area contributed by atoms with Gasteiger partial charge in [0.25, 0.3) is 10.0 Å².